The summed E-state index contributed by atoms with van der Waals surface area (Å²) in [5.41, 5.74) is 3.65. The fraction of sp³-hybridized carbons (Fsp3) is 0.125. The molecule has 2 aromatic rings. The zero-order valence-electron chi connectivity index (χ0n) is 10.9. The summed E-state index contributed by atoms with van der Waals surface area (Å²) >= 11 is 0. The number of carboxylic acids is 1. The van der Waals surface area contributed by atoms with Crippen molar-refractivity contribution in [1.82, 2.24) is 0 Å². The van der Waals surface area contributed by atoms with E-state index in [0.717, 1.165) is 16.8 Å². The Morgan fingerprint density at radius 1 is 1.15 bits per heavy atom. The van der Waals surface area contributed by atoms with Gasteiger partial charge in [-0.15, -0.1) is 0 Å². The van der Waals surface area contributed by atoms with Crippen LogP contribution in [0.3, 0.4) is 0 Å². The lowest BCUT2D eigenvalue weighted by molar-refractivity contribution is 0.0697. The predicted octanol–water partition coefficient (Wildman–Crippen LogP) is 2.78. The Kier molecular flexibility index (Phi) is 3.21. The molecule has 3 rings (SSSR count). The van der Waals surface area contributed by atoms with E-state index in [1.807, 2.05) is 36.5 Å². The van der Waals surface area contributed by atoms with E-state index in [1.54, 1.807) is 12.1 Å². The lowest BCUT2D eigenvalue weighted by atomic mass is 10.1. The van der Waals surface area contributed by atoms with Crippen molar-refractivity contribution in [3.63, 3.8) is 0 Å². The molecule has 4 nitrogen and oxygen atoms in total. The van der Waals surface area contributed by atoms with Crippen molar-refractivity contribution < 1.29 is 9.90 Å². The van der Waals surface area contributed by atoms with Gasteiger partial charge in [0.25, 0.3) is 0 Å². The first-order valence-electron chi connectivity index (χ1n) is 6.40. The maximum absolute atomic E-state index is 10.8. The number of fused-ring (bicyclic) bond motifs is 1. The van der Waals surface area contributed by atoms with Crippen molar-refractivity contribution in [2.24, 2.45) is 4.99 Å². The third kappa shape index (κ3) is 2.40. The molecule has 0 unspecified atom stereocenters. The summed E-state index contributed by atoms with van der Waals surface area (Å²) in [4.78, 5) is 17.4. The number of para-hydroxylation sites is 1. The Balaban J connectivity index is 1.82. The van der Waals surface area contributed by atoms with Crippen LogP contribution in [0.2, 0.25) is 0 Å². The Hall–Kier alpha value is -2.62. The van der Waals surface area contributed by atoms with Crippen molar-refractivity contribution in [3.8, 4) is 0 Å². The van der Waals surface area contributed by atoms with Crippen LogP contribution in [-0.2, 0) is 6.54 Å². The van der Waals surface area contributed by atoms with Crippen LogP contribution >= 0.6 is 0 Å². The largest absolute Gasteiger partial charge is 0.478 e. The highest BCUT2D eigenvalue weighted by molar-refractivity contribution is 5.89. The van der Waals surface area contributed by atoms with Crippen molar-refractivity contribution in [3.05, 3.63) is 65.2 Å². The van der Waals surface area contributed by atoms with Gasteiger partial charge in [-0.1, -0.05) is 30.3 Å². The molecule has 0 aromatic heterocycles. The van der Waals surface area contributed by atoms with Crippen LogP contribution in [0.15, 0.2) is 53.5 Å². The summed E-state index contributed by atoms with van der Waals surface area (Å²) in [6.45, 7) is 1.34. The summed E-state index contributed by atoms with van der Waals surface area (Å²) in [5, 5.41) is 8.90. The first-order chi connectivity index (χ1) is 9.74. The van der Waals surface area contributed by atoms with Crippen molar-refractivity contribution in [2.45, 2.75) is 6.54 Å². The number of aromatic carboxylic acids is 1. The first-order valence-corrected chi connectivity index (χ1v) is 6.40. The second-order valence-corrected chi connectivity index (χ2v) is 4.71. The van der Waals surface area contributed by atoms with Gasteiger partial charge in [-0.3, -0.25) is 4.99 Å². The van der Waals surface area contributed by atoms with Crippen LogP contribution < -0.4 is 4.90 Å². The molecule has 0 fully saturated rings. The second-order valence-electron chi connectivity index (χ2n) is 4.71. The highest BCUT2D eigenvalue weighted by atomic mass is 16.4. The number of carboxylic acid groups (broad SMARTS) is 1. The van der Waals surface area contributed by atoms with Gasteiger partial charge in [0.05, 0.1) is 5.56 Å². The van der Waals surface area contributed by atoms with Crippen molar-refractivity contribution >= 4 is 17.9 Å². The fourth-order valence-corrected chi connectivity index (χ4v) is 2.31. The average Bonchev–Trinajstić information content (AvgIpc) is 2.48. The minimum Gasteiger partial charge on any atom is -0.478 e. The number of aliphatic imine (C=N–C) groups is 1. The number of hydrogen-bond acceptors (Lipinski definition) is 3. The van der Waals surface area contributed by atoms with E-state index in [-0.39, 0.29) is 0 Å². The Labute approximate surface area is 117 Å². The van der Waals surface area contributed by atoms with E-state index in [1.165, 1.54) is 0 Å². The summed E-state index contributed by atoms with van der Waals surface area (Å²) < 4.78 is 0. The van der Waals surface area contributed by atoms with Crippen LogP contribution in [0.1, 0.15) is 21.5 Å². The minimum atomic E-state index is -0.899. The number of carbonyl (C=O) groups is 1. The molecule has 20 heavy (non-hydrogen) atoms. The zero-order valence-corrected chi connectivity index (χ0v) is 10.9. The van der Waals surface area contributed by atoms with Gasteiger partial charge in [0.2, 0.25) is 0 Å². The van der Waals surface area contributed by atoms with Gasteiger partial charge in [-0.2, -0.15) is 0 Å². The lowest BCUT2D eigenvalue weighted by Crippen LogP contribution is -2.26. The van der Waals surface area contributed by atoms with Crippen LogP contribution in [0.25, 0.3) is 0 Å². The molecule has 1 aliphatic rings. The Bertz CT molecular complexity index is 662. The maximum Gasteiger partial charge on any atom is 0.335 e. The monoisotopic (exact) mass is 266 g/mol. The normalized spacial score (nSPS) is 13.1. The SMILES string of the molecule is O=C(O)c1ccc(CN2CN=Cc3ccccc32)cc1. The third-order valence-corrected chi connectivity index (χ3v) is 3.33. The van der Waals surface area contributed by atoms with Crippen molar-refractivity contribution in [2.75, 3.05) is 11.6 Å². The molecular weight excluding hydrogens is 252 g/mol. The minimum absolute atomic E-state index is 0.311. The highest BCUT2D eigenvalue weighted by Gasteiger charge is 2.13. The summed E-state index contributed by atoms with van der Waals surface area (Å²) in [7, 11) is 0. The molecular formula is C16H14N2O2. The fourth-order valence-electron chi connectivity index (χ4n) is 2.31. The molecule has 0 saturated heterocycles. The summed E-state index contributed by atoms with van der Waals surface area (Å²) in [5.74, 6) is -0.899. The molecule has 100 valence electrons. The molecule has 1 heterocycles. The van der Waals surface area contributed by atoms with Crippen molar-refractivity contribution in [1.29, 1.82) is 0 Å². The average molecular weight is 266 g/mol. The molecule has 0 spiro atoms. The molecule has 0 radical (unpaired) electrons. The number of rotatable bonds is 3. The van der Waals surface area contributed by atoms with E-state index in [0.29, 0.717) is 18.8 Å². The van der Waals surface area contributed by atoms with Gasteiger partial charge < -0.3 is 10.0 Å². The van der Waals surface area contributed by atoms with Crippen LogP contribution in [0.4, 0.5) is 5.69 Å². The summed E-state index contributed by atoms with van der Waals surface area (Å²) in [6, 6.07) is 15.1. The quantitative estimate of drug-likeness (QED) is 0.929. The van der Waals surface area contributed by atoms with Gasteiger partial charge in [0, 0.05) is 24.0 Å². The lowest BCUT2D eigenvalue weighted by Gasteiger charge is -2.27. The van der Waals surface area contributed by atoms with Crippen LogP contribution in [0, 0.1) is 0 Å². The Morgan fingerprint density at radius 3 is 2.65 bits per heavy atom. The summed E-state index contributed by atoms with van der Waals surface area (Å²) in [6.07, 6.45) is 1.89. The van der Waals surface area contributed by atoms with E-state index < -0.39 is 5.97 Å². The molecule has 0 atom stereocenters. The Morgan fingerprint density at radius 2 is 1.90 bits per heavy atom. The van der Waals surface area contributed by atoms with Gasteiger partial charge in [0.15, 0.2) is 0 Å². The maximum atomic E-state index is 10.8. The van der Waals surface area contributed by atoms with Gasteiger partial charge in [-0.05, 0) is 23.8 Å². The molecule has 0 bridgehead atoms. The first kappa shape index (κ1) is 12.4. The standard InChI is InChI=1S/C16H14N2O2/c19-16(20)13-7-5-12(6-8-13)10-18-11-17-9-14-3-1-2-4-15(14)18/h1-9H,10-11H2,(H,19,20). The zero-order chi connectivity index (χ0) is 13.9. The topological polar surface area (TPSA) is 52.9 Å². The van der Waals surface area contributed by atoms with Gasteiger partial charge in [0.1, 0.15) is 6.67 Å². The molecule has 0 aliphatic carbocycles. The number of benzene rings is 2. The van der Waals surface area contributed by atoms with Gasteiger partial charge in [-0.25, -0.2) is 4.79 Å². The molecule has 4 heteroatoms. The molecule has 1 N–H and O–H groups in total. The van der Waals surface area contributed by atoms with E-state index in [9.17, 15) is 4.79 Å². The number of anilines is 1. The van der Waals surface area contributed by atoms with Crippen LogP contribution in [0.5, 0.6) is 0 Å². The molecule has 0 saturated carbocycles. The molecule has 2 aromatic carbocycles. The van der Waals surface area contributed by atoms with E-state index in [4.69, 9.17) is 5.11 Å². The third-order valence-electron chi connectivity index (χ3n) is 3.33. The van der Waals surface area contributed by atoms with Gasteiger partial charge >= 0.3 is 5.97 Å². The van der Waals surface area contributed by atoms with E-state index >= 15 is 0 Å². The molecule has 0 amide bonds. The molecule has 1 aliphatic heterocycles. The number of nitrogens with zero attached hydrogens (tertiary/aromatic N) is 2. The van der Waals surface area contributed by atoms with Crippen LogP contribution in [-0.4, -0.2) is 24.0 Å². The van der Waals surface area contributed by atoms with E-state index in [2.05, 4.69) is 16.0 Å². The predicted molar refractivity (Wildman–Crippen MR) is 78.5 cm³/mol. The smallest absolute Gasteiger partial charge is 0.335 e. The number of hydrogen-bond donors (Lipinski definition) is 1. The second kappa shape index (κ2) is 5.17. The highest BCUT2D eigenvalue weighted by Crippen LogP contribution is 2.23.